The van der Waals surface area contributed by atoms with E-state index in [1.807, 2.05) is 36.4 Å². The first-order valence-electron chi connectivity index (χ1n) is 6.36. The lowest BCUT2D eigenvalue weighted by Gasteiger charge is -2.11. The highest BCUT2D eigenvalue weighted by atomic mass is 16.5. The molecule has 2 aromatic rings. The van der Waals surface area contributed by atoms with Gasteiger partial charge in [-0.1, -0.05) is 24.3 Å². The smallest absolute Gasteiger partial charge is 0.123 e. The molecule has 0 amide bonds. The van der Waals surface area contributed by atoms with Crippen molar-refractivity contribution >= 4 is 5.69 Å². The van der Waals surface area contributed by atoms with Crippen molar-refractivity contribution in [3.8, 4) is 11.5 Å². The van der Waals surface area contributed by atoms with Crippen molar-refractivity contribution in [1.29, 1.82) is 0 Å². The van der Waals surface area contributed by atoms with Gasteiger partial charge in [-0.25, -0.2) is 0 Å². The second-order valence-electron chi connectivity index (χ2n) is 4.27. The molecule has 0 aromatic heterocycles. The van der Waals surface area contributed by atoms with Gasteiger partial charge in [-0.15, -0.1) is 0 Å². The van der Waals surface area contributed by atoms with Gasteiger partial charge in [0.15, 0.2) is 0 Å². The minimum absolute atomic E-state index is 0.613. The Bertz CT molecular complexity index is 526. The molecule has 19 heavy (non-hydrogen) atoms. The van der Waals surface area contributed by atoms with E-state index >= 15 is 0 Å². The second-order valence-corrected chi connectivity index (χ2v) is 4.27. The number of nitrogens with one attached hydrogen (secondary N) is 1. The topological polar surface area (TPSA) is 30.5 Å². The molecule has 3 heteroatoms. The van der Waals surface area contributed by atoms with E-state index in [9.17, 15) is 0 Å². The Morgan fingerprint density at radius 3 is 2.58 bits per heavy atom. The Labute approximate surface area is 114 Å². The van der Waals surface area contributed by atoms with Crippen LogP contribution in [0.3, 0.4) is 0 Å². The minimum Gasteiger partial charge on any atom is -0.497 e. The van der Waals surface area contributed by atoms with Gasteiger partial charge in [-0.2, -0.15) is 0 Å². The summed E-state index contributed by atoms with van der Waals surface area (Å²) in [6.07, 6.45) is 0. The van der Waals surface area contributed by atoms with Gasteiger partial charge in [-0.3, -0.25) is 0 Å². The quantitative estimate of drug-likeness (QED) is 0.803. The fourth-order valence-electron chi connectivity index (χ4n) is 1.82. The number of anilines is 1. The Morgan fingerprint density at radius 2 is 1.79 bits per heavy atom. The summed E-state index contributed by atoms with van der Waals surface area (Å²) in [5.74, 6) is 1.63. The van der Waals surface area contributed by atoms with Crippen molar-refractivity contribution in [2.45, 2.75) is 6.92 Å². The lowest BCUT2D eigenvalue weighted by molar-refractivity contribution is 0.329. The van der Waals surface area contributed by atoms with Gasteiger partial charge in [0.2, 0.25) is 0 Å². The SMILES string of the molecule is COc1cccc(OCCNc2ccccc2C)c1. The lowest BCUT2D eigenvalue weighted by atomic mass is 10.2. The average molecular weight is 257 g/mol. The largest absolute Gasteiger partial charge is 0.497 e. The maximum atomic E-state index is 5.67. The molecule has 0 saturated carbocycles. The van der Waals surface area contributed by atoms with Crippen LogP contribution in [0, 0.1) is 6.92 Å². The Morgan fingerprint density at radius 1 is 1.00 bits per heavy atom. The number of ether oxygens (including phenoxy) is 2. The van der Waals surface area contributed by atoms with Crippen LogP contribution in [0.25, 0.3) is 0 Å². The van der Waals surface area contributed by atoms with Crippen molar-refractivity contribution in [3.05, 3.63) is 54.1 Å². The van der Waals surface area contributed by atoms with Crippen LogP contribution in [-0.4, -0.2) is 20.3 Å². The van der Waals surface area contributed by atoms with Crippen molar-refractivity contribution in [3.63, 3.8) is 0 Å². The Balaban J connectivity index is 1.79. The van der Waals surface area contributed by atoms with E-state index in [4.69, 9.17) is 9.47 Å². The first-order valence-corrected chi connectivity index (χ1v) is 6.36. The molecule has 0 aliphatic carbocycles. The van der Waals surface area contributed by atoms with Crippen LogP contribution in [-0.2, 0) is 0 Å². The summed E-state index contributed by atoms with van der Waals surface area (Å²) in [4.78, 5) is 0. The third-order valence-electron chi connectivity index (χ3n) is 2.87. The van der Waals surface area contributed by atoms with Crippen LogP contribution in [0.1, 0.15) is 5.56 Å². The van der Waals surface area contributed by atoms with Crippen LogP contribution in [0.15, 0.2) is 48.5 Å². The fourth-order valence-corrected chi connectivity index (χ4v) is 1.82. The van der Waals surface area contributed by atoms with Crippen LogP contribution >= 0.6 is 0 Å². The number of hydrogen-bond acceptors (Lipinski definition) is 3. The molecule has 0 saturated heterocycles. The maximum absolute atomic E-state index is 5.67. The molecule has 100 valence electrons. The standard InChI is InChI=1S/C16H19NO2/c1-13-6-3-4-9-16(13)17-10-11-19-15-8-5-7-14(12-15)18-2/h3-9,12,17H,10-11H2,1-2H3. The first-order chi connectivity index (χ1) is 9.29. The van der Waals surface area contributed by atoms with Crippen LogP contribution in [0.5, 0.6) is 11.5 Å². The summed E-state index contributed by atoms with van der Waals surface area (Å²) in [5.41, 5.74) is 2.39. The molecule has 0 aliphatic heterocycles. The highest BCUT2D eigenvalue weighted by Crippen LogP contribution is 2.18. The number of para-hydroxylation sites is 1. The highest BCUT2D eigenvalue weighted by Gasteiger charge is 1.98. The summed E-state index contributed by atoms with van der Waals surface area (Å²) in [7, 11) is 1.65. The molecule has 0 fully saturated rings. The van der Waals surface area contributed by atoms with Crippen molar-refractivity contribution < 1.29 is 9.47 Å². The molecule has 0 atom stereocenters. The minimum atomic E-state index is 0.613. The summed E-state index contributed by atoms with van der Waals surface area (Å²) >= 11 is 0. The molecular formula is C16H19NO2. The van der Waals surface area contributed by atoms with Gasteiger partial charge < -0.3 is 14.8 Å². The predicted molar refractivity (Wildman–Crippen MR) is 78.2 cm³/mol. The van der Waals surface area contributed by atoms with E-state index in [0.29, 0.717) is 6.61 Å². The van der Waals surface area contributed by atoms with Gasteiger partial charge in [-0.05, 0) is 30.7 Å². The summed E-state index contributed by atoms with van der Waals surface area (Å²) in [6.45, 7) is 3.47. The number of hydrogen-bond donors (Lipinski definition) is 1. The van der Waals surface area contributed by atoms with Crippen LogP contribution in [0.2, 0.25) is 0 Å². The van der Waals surface area contributed by atoms with E-state index in [1.54, 1.807) is 7.11 Å². The summed E-state index contributed by atoms with van der Waals surface area (Å²) in [5, 5.41) is 3.36. The third kappa shape index (κ3) is 3.91. The predicted octanol–water partition coefficient (Wildman–Crippen LogP) is 3.49. The molecule has 2 rings (SSSR count). The fraction of sp³-hybridized carbons (Fsp3) is 0.250. The van der Waals surface area contributed by atoms with E-state index in [-0.39, 0.29) is 0 Å². The second kappa shape index (κ2) is 6.69. The number of rotatable bonds is 6. The molecule has 0 heterocycles. The Hall–Kier alpha value is -2.16. The molecule has 2 aromatic carbocycles. The van der Waals surface area contributed by atoms with Crippen LogP contribution in [0.4, 0.5) is 5.69 Å². The van der Waals surface area contributed by atoms with Crippen molar-refractivity contribution in [2.75, 3.05) is 25.6 Å². The molecule has 0 radical (unpaired) electrons. The molecule has 1 N–H and O–H groups in total. The van der Waals surface area contributed by atoms with Crippen molar-refractivity contribution in [1.82, 2.24) is 0 Å². The summed E-state index contributed by atoms with van der Waals surface area (Å²) < 4.78 is 10.8. The highest BCUT2D eigenvalue weighted by molar-refractivity contribution is 5.50. The molecular weight excluding hydrogens is 238 g/mol. The maximum Gasteiger partial charge on any atom is 0.123 e. The van der Waals surface area contributed by atoms with E-state index < -0.39 is 0 Å². The Kier molecular flexibility index (Phi) is 4.67. The van der Waals surface area contributed by atoms with Crippen molar-refractivity contribution in [2.24, 2.45) is 0 Å². The van der Waals surface area contributed by atoms with Gasteiger partial charge in [0.25, 0.3) is 0 Å². The number of methoxy groups -OCH3 is 1. The third-order valence-corrected chi connectivity index (χ3v) is 2.87. The van der Waals surface area contributed by atoms with E-state index in [1.165, 1.54) is 5.56 Å². The van der Waals surface area contributed by atoms with Gasteiger partial charge in [0.05, 0.1) is 7.11 Å². The molecule has 0 bridgehead atoms. The lowest BCUT2D eigenvalue weighted by Crippen LogP contribution is -2.12. The zero-order chi connectivity index (χ0) is 13.5. The molecule has 0 spiro atoms. The molecule has 0 unspecified atom stereocenters. The molecule has 0 aliphatic rings. The van der Waals surface area contributed by atoms with Gasteiger partial charge in [0, 0.05) is 18.3 Å². The van der Waals surface area contributed by atoms with E-state index in [0.717, 1.165) is 23.7 Å². The summed E-state index contributed by atoms with van der Waals surface area (Å²) in [6, 6.07) is 15.9. The van der Waals surface area contributed by atoms with E-state index in [2.05, 4.69) is 24.4 Å². The van der Waals surface area contributed by atoms with Crippen LogP contribution < -0.4 is 14.8 Å². The first kappa shape index (κ1) is 13.3. The van der Waals surface area contributed by atoms with Gasteiger partial charge >= 0.3 is 0 Å². The monoisotopic (exact) mass is 257 g/mol. The number of aryl methyl sites for hydroxylation is 1. The zero-order valence-electron chi connectivity index (χ0n) is 11.3. The molecule has 3 nitrogen and oxygen atoms in total. The number of benzene rings is 2. The normalized spacial score (nSPS) is 10.0. The average Bonchev–Trinajstić information content (AvgIpc) is 2.45. The van der Waals surface area contributed by atoms with Gasteiger partial charge in [0.1, 0.15) is 18.1 Å². The zero-order valence-corrected chi connectivity index (χ0v) is 11.3.